The van der Waals surface area contributed by atoms with Crippen molar-refractivity contribution in [2.45, 2.75) is 25.8 Å². The summed E-state index contributed by atoms with van der Waals surface area (Å²) in [5, 5.41) is 0. The van der Waals surface area contributed by atoms with Gasteiger partial charge in [-0.2, -0.15) is 0 Å². The van der Waals surface area contributed by atoms with Gasteiger partial charge in [-0.3, -0.25) is 9.59 Å². The van der Waals surface area contributed by atoms with Gasteiger partial charge in [-0.05, 0) is 0 Å². The van der Waals surface area contributed by atoms with Crippen molar-refractivity contribution in [1.29, 1.82) is 0 Å². The van der Waals surface area contributed by atoms with Crippen LogP contribution in [0.1, 0.15) is 34.5 Å². The average Bonchev–Trinajstić information content (AvgIpc) is 2.59. The second-order valence-corrected chi connectivity index (χ2v) is 5.35. The second kappa shape index (κ2) is 6.47. The van der Waals surface area contributed by atoms with Crippen molar-refractivity contribution >= 4 is 11.7 Å². The van der Waals surface area contributed by atoms with Crippen LogP contribution in [0.4, 0.5) is 0 Å². The summed E-state index contributed by atoms with van der Waals surface area (Å²) in [7, 11) is 0. The van der Waals surface area contributed by atoms with Gasteiger partial charge in [-0.15, -0.1) is 0 Å². The van der Waals surface area contributed by atoms with E-state index in [0.717, 1.165) is 17.7 Å². The number of benzene rings is 1. The van der Waals surface area contributed by atoms with E-state index in [4.69, 9.17) is 0 Å². The zero-order valence-corrected chi connectivity index (χ0v) is 12.2. The highest BCUT2D eigenvalue weighted by molar-refractivity contribution is 5.97. The molecule has 3 rings (SSSR count). The molecule has 22 heavy (non-hydrogen) atoms. The molecule has 1 aromatic heterocycles. The third kappa shape index (κ3) is 3.19. The molecule has 0 aliphatic carbocycles. The molecule has 2 aromatic rings. The fourth-order valence-corrected chi connectivity index (χ4v) is 2.63. The molecule has 1 aromatic carbocycles. The third-order valence-corrected chi connectivity index (χ3v) is 3.88. The van der Waals surface area contributed by atoms with E-state index < -0.39 is 0 Å². The summed E-state index contributed by atoms with van der Waals surface area (Å²) in [5.41, 5.74) is 2.67. The van der Waals surface area contributed by atoms with Crippen LogP contribution in [0.15, 0.2) is 42.9 Å². The Morgan fingerprint density at radius 2 is 1.95 bits per heavy atom. The van der Waals surface area contributed by atoms with Gasteiger partial charge >= 0.3 is 0 Å². The molecule has 2 heterocycles. The number of ketones is 1. The fourth-order valence-electron chi connectivity index (χ4n) is 2.63. The molecule has 0 atom stereocenters. The minimum Gasteiger partial charge on any atom is -0.338 e. The predicted molar refractivity (Wildman–Crippen MR) is 81.2 cm³/mol. The lowest BCUT2D eigenvalue weighted by Crippen LogP contribution is -2.36. The molecule has 1 aliphatic heterocycles. The van der Waals surface area contributed by atoms with Gasteiger partial charge in [0.25, 0.3) is 0 Å². The van der Waals surface area contributed by atoms with Crippen molar-refractivity contribution in [3.63, 3.8) is 0 Å². The van der Waals surface area contributed by atoms with E-state index in [1.165, 1.54) is 6.33 Å². The number of carbonyl (C=O) groups is 2. The molecule has 0 unspecified atom stereocenters. The predicted octanol–water partition coefficient (Wildman–Crippen LogP) is 2.02. The molecule has 0 spiro atoms. The molecule has 5 nitrogen and oxygen atoms in total. The van der Waals surface area contributed by atoms with Crippen LogP contribution in [0.3, 0.4) is 0 Å². The first-order chi connectivity index (χ1) is 10.7. The molecule has 1 amide bonds. The van der Waals surface area contributed by atoms with Gasteiger partial charge in [0.2, 0.25) is 5.91 Å². The van der Waals surface area contributed by atoms with Crippen molar-refractivity contribution in [3.8, 4) is 0 Å². The van der Waals surface area contributed by atoms with Gasteiger partial charge in [-0.1, -0.05) is 30.3 Å². The number of hydrogen-bond acceptors (Lipinski definition) is 4. The molecule has 0 bridgehead atoms. The maximum absolute atomic E-state index is 12.3. The Morgan fingerprint density at radius 3 is 2.77 bits per heavy atom. The maximum Gasteiger partial charge on any atom is 0.223 e. The Morgan fingerprint density at radius 1 is 1.14 bits per heavy atom. The van der Waals surface area contributed by atoms with Gasteiger partial charge in [0.05, 0.1) is 5.69 Å². The lowest BCUT2D eigenvalue weighted by molar-refractivity contribution is -0.132. The van der Waals surface area contributed by atoms with Crippen molar-refractivity contribution in [3.05, 3.63) is 59.7 Å². The largest absolute Gasteiger partial charge is 0.338 e. The first-order valence-electron chi connectivity index (χ1n) is 7.38. The van der Waals surface area contributed by atoms with E-state index in [2.05, 4.69) is 9.97 Å². The number of amides is 1. The smallest absolute Gasteiger partial charge is 0.223 e. The SMILES string of the molecule is O=C(CCC(=O)N1CCc2ncncc2C1)c1ccccc1. The van der Waals surface area contributed by atoms with Gasteiger partial charge < -0.3 is 4.90 Å². The number of fused-ring (bicyclic) bond motifs is 1. The van der Waals surface area contributed by atoms with E-state index in [1.54, 1.807) is 23.2 Å². The van der Waals surface area contributed by atoms with Crippen LogP contribution >= 0.6 is 0 Å². The van der Waals surface area contributed by atoms with Crippen LogP contribution in [-0.2, 0) is 17.8 Å². The quantitative estimate of drug-likeness (QED) is 0.810. The van der Waals surface area contributed by atoms with Gasteiger partial charge in [0.15, 0.2) is 5.78 Å². The van der Waals surface area contributed by atoms with Crippen LogP contribution < -0.4 is 0 Å². The first kappa shape index (κ1) is 14.4. The molecule has 1 aliphatic rings. The number of Topliss-reactive ketones (excluding diaryl/α,β-unsaturated/α-hetero) is 1. The lowest BCUT2D eigenvalue weighted by atomic mass is 10.0. The van der Waals surface area contributed by atoms with Crippen molar-refractivity contribution in [2.24, 2.45) is 0 Å². The van der Waals surface area contributed by atoms with Crippen LogP contribution in [-0.4, -0.2) is 33.1 Å². The van der Waals surface area contributed by atoms with E-state index in [1.807, 2.05) is 18.2 Å². The van der Waals surface area contributed by atoms with Crippen LogP contribution in [0.25, 0.3) is 0 Å². The minimum atomic E-state index is 0.00897. The summed E-state index contributed by atoms with van der Waals surface area (Å²) in [6.07, 6.45) is 4.54. The van der Waals surface area contributed by atoms with E-state index in [9.17, 15) is 9.59 Å². The Balaban J connectivity index is 1.56. The van der Waals surface area contributed by atoms with E-state index >= 15 is 0 Å². The number of nitrogens with zero attached hydrogens (tertiary/aromatic N) is 3. The summed E-state index contributed by atoms with van der Waals surface area (Å²) in [6.45, 7) is 1.19. The second-order valence-electron chi connectivity index (χ2n) is 5.35. The van der Waals surface area contributed by atoms with Gasteiger partial charge in [0.1, 0.15) is 6.33 Å². The molecular formula is C17H17N3O2. The van der Waals surface area contributed by atoms with Crippen molar-refractivity contribution in [1.82, 2.24) is 14.9 Å². The molecule has 0 saturated carbocycles. The topological polar surface area (TPSA) is 63.2 Å². The first-order valence-corrected chi connectivity index (χ1v) is 7.38. The fraction of sp³-hybridized carbons (Fsp3) is 0.294. The molecule has 112 valence electrons. The number of carbonyl (C=O) groups excluding carboxylic acids is 2. The normalized spacial score (nSPS) is 13.5. The van der Waals surface area contributed by atoms with E-state index in [0.29, 0.717) is 18.7 Å². The standard InChI is InChI=1S/C17H17N3O2/c21-16(13-4-2-1-3-5-13)6-7-17(22)20-9-8-15-14(11-20)10-18-12-19-15/h1-5,10,12H,6-9,11H2. The Labute approximate surface area is 129 Å². The van der Waals surface area contributed by atoms with Crippen molar-refractivity contribution in [2.75, 3.05) is 6.54 Å². The highest BCUT2D eigenvalue weighted by Crippen LogP contribution is 2.17. The number of rotatable bonds is 4. The van der Waals surface area contributed by atoms with Gasteiger partial charge in [0, 0.05) is 49.7 Å². The van der Waals surface area contributed by atoms with E-state index in [-0.39, 0.29) is 24.5 Å². The lowest BCUT2D eigenvalue weighted by Gasteiger charge is -2.27. The Hall–Kier alpha value is -2.56. The molecule has 0 N–H and O–H groups in total. The number of aromatic nitrogens is 2. The summed E-state index contributed by atoms with van der Waals surface area (Å²) < 4.78 is 0. The molecule has 0 saturated heterocycles. The minimum absolute atomic E-state index is 0.00897. The highest BCUT2D eigenvalue weighted by Gasteiger charge is 2.22. The van der Waals surface area contributed by atoms with Crippen molar-refractivity contribution < 1.29 is 9.59 Å². The summed E-state index contributed by atoms with van der Waals surface area (Å²) >= 11 is 0. The number of hydrogen-bond donors (Lipinski definition) is 0. The maximum atomic E-state index is 12.3. The highest BCUT2D eigenvalue weighted by atomic mass is 16.2. The third-order valence-electron chi connectivity index (χ3n) is 3.88. The van der Waals surface area contributed by atoms with Crippen LogP contribution in [0.2, 0.25) is 0 Å². The molecule has 0 radical (unpaired) electrons. The average molecular weight is 295 g/mol. The molecular weight excluding hydrogens is 278 g/mol. The van der Waals surface area contributed by atoms with Gasteiger partial charge in [-0.25, -0.2) is 9.97 Å². The Bertz CT molecular complexity index is 685. The Kier molecular flexibility index (Phi) is 4.23. The molecule has 0 fully saturated rings. The molecule has 5 heteroatoms. The zero-order chi connectivity index (χ0) is 15.4. The summed E-state index contributed by atoms with van der Waals surface area (Å²) in [5.74, 6) is 0.0217. The summed E-state index contributed by atoms with van der Waals surface area (Å²) in [6, 6.07) is 9.09. The van der Waals surface area contributed by atoms with Crippen LogP contribution in [0.5, 0.6) is 0 Å². The zero-order valence-electron chi connectivity index (χ0n) is 12.2. The summed E-state index contributed by atoms with van der Waals surface area (Å²) in [4.78, 5) is 34.3. The van der Waals surface area contributed by atoms with Crippen LogP contribution in [0, 0.1) is 0 Å². The monoisotopic (exact) mass is 295 g/mol.